The molecule has 1 N–H and O–H groups in total. The van der Waals surface area contributed by atoms with Crippen molar-refractivity contribution < 1.29 is 26.2 Å². The smallest absolute Gasteiger partial charge is 0.140 e. The number of pyridine rings is 2. The summed E-state index contributed by atoms with van der Waals surface area (Å²) in [5.41, 5.74) is 13.2. The average molecular weight is 804 g/mol. The van der Waals surface area contributed by atoms with Gasteiger partial charge in [-0.15, -0.1) is 23.8 Å². The Bertz CT molecular complexity index is 2310. The normalized spacial score (nSPS) is 13.0. The number of benzene rings is 5. The second-order valence-corrected chi connectivity index (χ2v) is 12.9. The number of anilines is 3. The van der Waals surface area contributed by atoms with Crippen LogP contribution in [0.5, 0.6) is 5.75 Å². The number of para-hydroxylation sites is 1. The van der Waals surface area contributed by atoms with Crippen molar-refractivity contribution in [1.29, 1.82) is 0 Å². The average Bonchev–Trinajstić information content (AvgIpc) is 3.11. The fraction of sp³-hybridized carbons (Fsp3) is 0.116. The summed E-state index contributed by atoms with van der Waals surface area (Å²) in [6.45, 7) is 8.69. The molecule has 4 nitrogen and oxygen atoms in total. The minimum absolute atomic E-state index is 0. The van der Waals surface area contributed by atoms with E-state index in [0.717, 1.165) is 61.7 Å². The van der Waals surface area contributed by atoms with E-state index in [0.29, 0.717) is 5.52 Å². The molecule has 1 aliphatic heterocycles. The van der Waals surface area contributed by atoms with Crippen molar-refractivity contribution in [2.75, 3.05) is 4.90 Å². The number of fused-ring (bicyclic) bond motifs is 3. The van der Waals surface area contributed by atoms with Crippen LogP contribution in [0.15, 0.2) is 128 Å². The van der Waals surface area contributed by atoms with Gasteiger partial charge >= 0.3 is 0 Å². The zero-order valence-corrected chi connectivity index (χ0v) is 29.5. The monoisotopic (exact) mass is 803 g/mol. The van der Waals surface area contributed by atoms with E-state index in [1.165, 1.54) is 16.7 Å². The van der Waals surface area contributed by atoms with Crippen LogP contribution in [0.4, 0.5) is 17.2 Å². The second-order valence-electron chi connectivity index (χ2n) is 12.9. The van der Waals surface area contributed by atoms with E-state index in [1.54, 1.807) is 6.07 Å². The van der Waals surface area contributed by atoms with Gasteiger partial charge in [-0.05, 0) is 87.8 Å². The van der Waals surface area contributed by atoms with Gasteiger partial charge < -0.3 is 10.0 Å². The van der Waals surface area contributed by atoms with Crippen LogP contribution >= 0.6 is 0 Å². The molecule has 0 unspecified atom stereocenters. The zero-order valence-electron chi connectivity index (χ0n) is 27.2. The first kappa shape index (κ1) is 31.5. The Morgan fingerprint density at radius 2 is 1.40 bits per heavy atom. The van der Waals surface area contributed by atoms with Crippen LogP contribution in [0.2, 0.25) is 0 Å². The number of nitrogens with zero attached hydrogens (tertiary/aromatic N) is 3. The van der Waals surface area contributed by atoms with E-state index in [1.807, 2.05) is 37.4 Å². The maximum absolute atomic E-state index is 10.7. The number of aromatic hydroxyl groups is 1. The molecule has 0 fully saturated rings. The van der Waals surface area contributed by atoms with Crippen LogP contribution < -0.4 is 4.90 Å². The standard InChI is InChI=1S/C43H34N3O.Pt/c1-27-14-23-40(47)42-33(27)20-22-37(45-42)32-19-21-36-39(24-32)46(38-13-9-8-12-35(38)43(36,3)4)41-25-34(28(2)26-44-41)31-17-15-30(16-18-31)29-10-6-5-7-11-29;/h5-23,25-26,47H,1-4H3;/q-1;. The van der Waals surface area contributed by atoms with Crippen molar-refractivity contribution in [2.45, 2.75) is 33.1 Å². The Balaban J connectivity index is 0.00000364. The molecular formula is C43H34N3OPt-. The van der Waals surface area contributed by atoms with Crippen LogP contribution in [0.3, 0.4) is 0 Å². The van der Waals surface area contributed by atoms with Crippen molar-refractivity contribution in [1.82, 2.24) is 9.97 Å². The van der Waals surface area contributed by atoms with Gasteiger partial charge in [-0.3, -0.25) is 4.98 Å². The number of aryl methyl sites for hydroxylation is 2. The van der Waals surface area contributed by atoms with Crippen LogP contribution in [0.1, 0.15) is 36.1 Å². The molecule has 8 rings (SSSR count). The number of hydrogen-bond acceptors (Lipinski definition) is 4. The summed E-state index contributed by atoms with van der Waals surface area (Å²) in [6, 6.07) is 45.7. The third-order valence-corrected chi connectivity index (χ3v) is 9.59. The molecule has 5 aromatic carbocycles. The Hall–Kier alpha value is -5.05. The molecule has 0 spiro atoms. The van der Waals surface area contributed by atoms with Gasteiger partial charge in [0.25, 0.3) is 0 Å². The van der Waals surface area contributed by atoms with E-state index in [9.17, 15) is 5.11 Å². The molecular weight excluding hydrogens is 770 g/mol. The van der Waals surface area contributed by atoms with Gasteiger partial charge in [-0.25, -0.2) is 4.98 Å². The SMILES string of the molecule is Cc1cnc(N2c3[c-]c(-c4ccc5c(C)ccc(O)c5n4)ccc3C(C)(C)c3ccccc32)cc1-c1ccc(-c2ccccc2)cc1.[Pt]. The number of rotatable bonds is 4. The molecule has 0 bridgehead atoms. The molecule has 0 saturated heterocycles. The third-order valence-electron chi connectivity index (χ3n) is 9.59. The van der Waals surface area contributed by atoms with E-state index >= 15 is 0 Å². The molecule has 48 heavy (non-hydrogen) atoms. The topological polar surface area (TPSA) is 49.2 Å². The first-order chi connectivity index (χ1) is 22.8. The second kappa shape index (κ2) is 12.2. The molecule has 0 radical (unpaired) electrons. The van der Waals surface area contributed by atoms with Gasteiger partial charge in [0, 0.05) is 38.3 Å². The molecule has 0 aliphatic carbocycles. The maximum atomic E-state index is 10.7. The van der Waals surface area contributed by atoms with Crippen molar-refractivity contribution in [3.8, 4) is 39.3 Å². The molecule has 0 atom stereocenters. The van der Waals surface area contributed by atoms with E-state index in [-0.39, 0.29) is 32.2 Å². The van der Waals surface area contributed by atoms with Crippen LogP contribution in [0, 0.1) is 19.9 Å². The summed E-state index contributed by atoms with van der Waals surface area (Å²) in [7, 11) is 0. The fourth-order valence-electron chi connectivity index (χ4n) is 6.93. The van der Waals surface area contributed by atoms with Crippen molar-refractivity contribution in [3.63, 3.8) is 0 Å². The first-order valence-corrected chi connectivity index (χ1v) is 16.0. The zero-order chi connectivity index (χ0) is 32.3. The molecule has 5 heteroatoms. The predicted octanol–water partition coefficient (Wildman–Crippen LogP) is 10.9. The fourth-order valence-corrected chi connectivity index (χ4v) is 6.93. The van der Waals surface area contributed by atoms with Crippen molar-refractivity contribution >= 4 is 28.1 Å². The minimum Gasteiger partial charge on any atom is -0.506 e. The van der Waals surface area contributed by atoms with E-state index in [4.69, 9.17) is 9.97 Å². The van der Waals surface area contributed by atoms with Crippen LogP contribution in [-0.4, -0.2) is 15.1 Å². The van der Waals surface area contributed by atoms with Crippen LogP contribution in [-0.2, 0) is 26.5 Å². The van der Waals surface area contributed by atoms with Gasteiger partial charge in [0.05, 0.1) is 0 Å². The minimum atomic E-state index is -0.259. The molecule has 1 aliphatic rings. The Kier molecular flexibility index (Phi) is 8.01. The van der Waals surface area contributed by atoms with Gasteiger partial charge in [-0.1, -0.05) is 110 Å². The summed E-state index contributed by atoms with van der Waals surface area (Å²) >= 11 is 0. The number of hydrogen-bond donors (Lipinski definition) is 1. The van der Waals surface area contributed by atoms with Gasteiger partial charge in [-0.2, -0.15) is 0 Å². The van der Waals surface area contributed by atoms with Crippen LogP contribution in [0.25, 0.3) is 44.4 Å². The molecule has 3 heterocycles. The largest absolute Gasteiger partial charge is 0.506 e. The molecule has 238 valence electrons. The summed E-state index contributed by atoms with van der Waals surface area (Å²) in [4.78, 5) is 12.2. The van der Waals surface area contributed by atoms with Gasteiger partial charge in [0.1, 0.15) is 17.1 Å². The molecule has 2 aromatic heterocycles. The summed E-state index contributed by atoms with van der Waals surface area (Å²) in [5, 5.41) is 11.6. The Labute approximate surface area is 296 Å². The van der Waals surface area contributed by atoms with E-state index in [2.05, 4.69) is 123 Å². The molecule has 7 aromatic rings. The summed E-state index contributed by atoms with van der Waals surface area (Å²) in [6.07, 6.45) is 1.97. The Morgan fingerprint density at radius 1 is 0.688 bits per heavy atom. The summed E-state index contributed by atoms with van der Waals surface area (Å²) in [5.74, 6) is 1.00. The van der Waals surface area contributed by atoms with Gasteiger partial charge in [0.2, 0.25) is 0 Å². The Morgan fingerprint density at radius 3 is 2.19 bits per heavy atom. The van der Waals surface area contributed by atoms with Gasteiger partial charge in [0.15, 0.2) is 0 Å². The predicted molar refractivity (Wildman–Crippen MR) is 193 cm³/mol. The van der Waals surface area contributed by atoms with Crippen molar-refractivity contribution in [3.05, 3.63) is 156 Å². The number of aromatic nitrogens is 2. The molecule has 0 saturated carbocycles. The third kappa shape index (κ3) is 5.21. The number of phenols is 1. The summed E-state index contributed by atoms with van der Waals surface area (Å²) < 4.78 is 0. The molecule has 0 amide bonds. The number of phenolic OH excluding ortho intramolecular Hbond substituents is 1. The van der Waals surface area contributed by atoms with Crippen molar-refractivity contribution in [2.24, 2.45) is 0 Å². The first-order valence-electron chi connectivity index (χ1n) is 16.0. The maximum Gasteiger partial charge on any atom is 0.140 e. The quantitative estimate of drug-likeness (QED) is 0.180. The van der Waals surface area contributed by atoms with E-state index < -0.39 is 0 Å².